The van der Waals surface area contributed by atoms with Crippen molar-refractivity contribution in [1.29, 1.82) is 0 Å². The van der Waals surface area contributed by atoms with E-state index in [1.165, 1.54) is 34.9 Å². The van der Waals surface area contributed by atoms with E-state index in [0.717, 1.165) is 12.1 Å². The van der Waals surface area contributed by atoms with Gasteiger partial charge >= 0.3 is 6.18 Å². The summed E-state index contributed by atoms with van der Waals surface area (Å²) in [4.78, 5) is 12.2. The van der Waals surface area contributed by atoms with Gasteiger partial charge in [-0.15, -0.1) is 0 Å². The van der Waals surface area contributed by atoms with Crippen molar-refractivity contribution in [2.75, 3.05) is 0 Å². The van der Waals surface area contributed by atoms with Crippen molar-refractivity contribution < 1.29 is 17.6 Å². The number of alkyl halides is 3. The molecule has 0 aliphatic rings. The largest absolute Gasteiger partial charge is 0.416 e. The average Bonchev–Trinajstić information content (AvgIpc) is 2.55. The summed E-state index contributed by atoms with van der Waals surface area (Å²) in [7, 11) is 0. The molecule has 0 saturated carbocycles. The van der Waals surface area contributed by atoms with Crippen LogP contribution < -0.4 is 5.56 Å². The highest BCUT2D eigenvalue weighted by Gasteiger charge is 2.30. The summed E-state index contributed by atoms with van der Waals surface area (Å²) in [5.74, 6) is -0.377. The fourth-order valence-corrected chi connectivity index (χ4v) is 2.57. The van der Waals surface area contributed by atoms with Crippen LogP contribution in [-0.2, 0) is 6.18 Å². The zero-order valence-electron chi connectivity index (χ0n) is 13.1. The lowest BCUT2D eigenvalue weighted by molar-refractivity contribution is -0.137. The van der Waals surface area contributed by atoms with E-state index < -0.39 is 11.7 Å². The van der Waals surface area contributed by atoms with Crippen LogP contribution in [0.4, 0.5) is 17.6 Å². The Morgan fingerprint density at radius 1 is 0.920 bits per heavy atom. The van der Waals surface area contributed by atoms with Gasteiger partial charge in [0.05, 0.1) is 5.56 Å². The van der Waals surface area contributed by atoms with Gasteiger partial charge in [-0.3, -0.25) is 9.36 Å². The lowest BCUT2D eigenvalue weighted by atomic mass is 10.0. The Balaban J connectivity index is 2.09. The number of aromatic nitrogens is 1. The molecular weight excluding hydrogens is 334 g/mol. The van der Waals surface area contributed by atoms with Gasteiger partial charge in [-0.25, -0.2) is 4.39 Å². The normalized spacial score (nSPS) is 11.6. The Hall–Kier alpha value is -2.89. The number of benzene rings is 2. The van der Waals surface area contributed by atoms with Gasteiger partial charge in [0, 0.05) is 23.5 Å². The number of hydrogen-bond acceptors (Lipinski definition) is 1. The van der Waals surface area contributed by atoms with Crippen molar-refractivity contribution in [3.05, 3.63) is 88.1 Å². The Kier molecular flexibility index (Phi) is 4.20. The zero-order chi connectivity index (χ0) is 18.2. The molecule has 2 nitrogen and oxygen atoms in total. The molecule has 0 saturated heterocycles. The standard InChI is InChI=1S/C19H13F4NO/c1-12-10-18(25)24(11-17(12)13-2-6-15(20)7-3-13)16-8-4-14(5-9-16)19(21,22)23/h2-11H,1H3. The lowest BCUT2D eigenvalue weighted by Crippen LogP contribution is -2.18. The summed E-state index contributed by atoms with van der Waals surface area (Å²) in [6.45, 7) is 1.75. The predicted molar refractivity (Wildman–Crippen MR) is 87.2 cm³/mol. The smallest absolute Gasteiger partial charge is 0.284 e. The molecule has 3 aromatic rings. The summed E-state index contributed by atoms with van der Waals surface area (Å²) < 4.78 is 52.4. The van der Waals surface area contributed by atoms with E-state index in [9.17, 15) is 22.4 Å². The Morgan fingerprint density at radius 2 is 1.52 bits per heavy atom. The second-order valence-corrected chi connectivity index (χ2v) is 5.63. The van der Waals surface area contributed by atoms with E-state index >= 15 is 0 Å². The molecule has 0 bridgehead atoms. The molecule has 128 valence electrons. The van der Waals surface area contributed by atoms with E-state index in [1.54, 1.807) is 25.3 Å². The minimum atomic E-state index is -4.43. The average molecular weight is 347 g/mol. The fourth-order valence-electron chi connectivity index (χ4n) is 2.57. The van der Waals surface area contributed by atoms with Gasteiger partial charge in [0.25, 0.3) is 5.56 Å². The second-order valence-electron chi connectivity index (χ2n) is 5.63. The van der Waals surface area contributed by atoms with Crippen LogP contribution in [-0.4, -0.2) is 4.57 Å². The summed E-state index contributed by atoms with van der Waals surface area (Å²) >= 11 is 0. The van der Waals surface area contributed by atoms with Gasteiger partial charge in [0.2, 0.25) is 0 Å². The molecule has 0 amide bonds. The van der Waals surface area contributed by atoms with Gasteiger partial charge < -0.3 is 0 Å². The van der Waals surface area contributed by atoms with Crippen molar-refractivity contribution in [2.24, 2.45) is 0 Å². The zero-order valence-corrected chi connectivity index (χ0v) is 13.1. The molecule has 0 unspecified atom stereocenters. The molecule has 0 radical (unpaired) electrons. The molecule has 1 heterocycles. The van der Waals surface area contributed by atoms with Gasteiger partial charge in [0.1, 0.15) is 5.82 Å². The Bertz CT molecular complexity index is 955. The van der Waals surface area contributed by atoms with Crippen molar-refractivity contribution in [3.8, 4) is 16.8 Å². The highest BCUT2D eigenvalue weighted by atomic mass is 19.4. The van der Waals surface area contributed by atoms with Crippen molar-refractivity contribution in [3.63, 3.8) is 0 Å². The molecule has 0 spiro atoms. The molecule has 3 rings (SSSR count). The minimum absolute atomic E-state index is 0.321. The first-order valence-electron chi connectivity index (χ1n) is 7.42. The Morgan fingerprint density at radius 3 is 2.08 bits per heavy atom. The van der Waals surface area contributed by atoms with Crippen molar-refractivity contribution >= 4 is 0 Å². The maximum Gasteiger partial charge on any atom is 0.416 e. The fraction of sp³-hybridized carbons (Fsp3) is 0.105. The molecule has 0 aliphatic heterocycles. The Labute approximate surface area is 141 Å². The molecule has 0 fully saturated rings. The van der Waals surface area contributed by atoms with Crippen LogP contribution in [0.5, 0.6) is 0 Å². The van der Waals surface area contributed by atoms with Gasteiger partial charge in [-0.2, -0.15) is 13.2 Å². The SMILES string of the molecule is Cc1cc(=O)n(-c2ccc(C(F)(F)F)cc2)cc1-c1ccc(F)cc1. The van der Waals surface area contributed by atoms with E-state index in [0.29, 0.717) is 22.4 Å². The number of aryl methyl sites for hydroxylation is 1. The third-order valence-electron chi connectivity index (χ3n) is 3.89. The highest BCUT2D eigenvalue weighted by Crippen LogP contribution is 2.30. The molecule has 2 aromatic carbocycles. The number of rotatable bonds is 2. The topological polar surface area (TPSA) is 22.0 Å². The third-order valence-corrected chi connectivity index (χ3v) is 3.89. The van der Waals surface area contributed by atoms with Gasteiger partial charge in [-0.1, -0.05) is 12.1 Å². The maximum absolute atomic E-state index is 13.1. The molecule has 6 heteroatoms. The lowest BCUT2D eigenvalue weighted by Gasteiger charge is -2.13. The summed E-state index contributed by atoms with van der Waals surface area (Å²) in [5, 5.41) is 0. The van der Waals surface area contributed by atoms with E-state index in [-0.39, 0.29) is 11.4 Å². The van der Waals surface area contributed by atoms with Crippen LogP contribution in [0, 0.1) is 12.7 Å². The number of nitrogens with zero attached hydrogens (tertiary/aromatic N) is 1. The molecule has 0 N–H and O–H groups in total. The number of pyridine rings is 1. The number of hydrogen-bond donors (Lipinski definition) is 0. The molecule has 25 heavy (non-hydrogen) atoms. The van der Waals surface area contributed by atoms with Crippen LogP contribution in [0.25, 0.3) is 16.8 Å². The van der Waals surface area contributed by atoms with Crippen LogP contribution in [0.15, 0.2) is 65.6 Å². The second kappa shape index (κ2) is 6.20. The van der Waals surface area contributed by atoms with Crippen LogP contribution >= 0.6 is 0 Å². The van der Waals surface area contributed by atoms with Crippen molar-refractivity contribution in [2.45, 2.75) is 13.1 Å². The number of halogens is 4. The molecule has 1 aromatic heterocycles. The first-order valence-corrected chi connectivity index (χ1v) is 7.42. The third kappa shape index (κ3) is 3.47. The van der Waals surface area contributed by atoms with Crippen LogP contribution in [0.1, 0.15) is 11.1 Å². The molecule has 0 atom stereocenters. The predicted octanol–water partition coefficient (Wildman–Crippen LogP) is 4.97. The quantitative estimate of drug-likeness (QED) is 0.600. The van der Waals surface area contributed by atoms with E-state index in [1.807, 2.05) is 0 Å². The first kappa shape index (κ1) is 17.0. The summed E-state index contributed by atoms with van der Waals surface area (Å²) in [5.41, 5.74) is 1.28. The maximum atomic E-state index is 13.1. The van der Waals surface area contributed by atoms with Gasteiger partial charge in [-0.05, 0) is 54.4 Å². The summed E-state index contributed by atoms with van der Waals surface area (Å²) in [6.07, 6.45) is -2.89. The molecular formula is C19H13F4NO. The molecule has 0 aliphatic carbocycles. The van der Waals surface area contributed by atoms with Gasteiger partial charge in [0.15, 0.2) is 0 Å². The highest BCUT2D eigenvalue weighted by molar-refractivity contribution is 5.66. The van der Waals surface area contributed by atoms with Crippen molar-refractivity contribution in [1.82, 2.24) is 4.57 Å². The monoisotopic (exact) mass is 347 g/mol. The van der Waals surface area contributed by atoms with Crippen LogP contribution in [0.2, 0.25) is 0 Å². The van der Waals surface area contributed by atoms with E-state index in [2.05, 4.69) is 0 Å². The summed E-state index contributed by atoms with van der Waals surface area (Å²) in [6, 6.07) is 11.5. The van der Waals surface area contributed by atoms with E-state index in [4.69, 9.17) is 0 Å². The minimum Gasteiger partial charge on any atom is -0.284 e. The van der Waals surface area contributed by atoms with Crippen LogP contribution in [0.3, 0.4) is 0 Å². The first-order chi connectivity index (χ1) is 11.8.